The van der Waals surface area contributed by atoms with Crippen LogP contribution in [-0.2, 0) is 0 Å². The second-order valence-corrected chi connectivity index (χ2v) is 7.26. The van der Waals surface area contributed by atoms with Crippen LogP contribution in [0.2, 0.25) is 5.02 Å². The van der Waals surface area contributed by atoms with E-state index < -0.39 is 0 Å². The molecule has 2 aromatic carbocycles. The Morgan fingerprint density at radius 2 is 1.92 bits per heavy atom. The molecule has 0 unspecified atom stereocenters. The van der Waals surface area contributed by atoms with Gasteiger partial charge in [-0.05, 0) is 50.2 Å². The van der Waals surface area contributed by atoms with Crippen molar-refractivity contribution in [3.63, 3.8) is 0 Å². The molecular formula is C20H20ClNO4. The molecule has 0 radical (unpaired) electrons. The van der Waals surface area contributed by atoms with Gasteiger partial charge in [-0.3, -0.25) is 9.69 Å². The van der Waals surface area contributed by atoms with Crippen molar-refractivity contribution in [2.24, 2.45) is 0 Å². The molecule has 26 heavy (non-hydrogen) atoms. The van der Waals surface area contributed by atoms with Crippen molar-refractivity contribution >= 4 is 17.4 Å². The van der Waals surface area contributed by atoms with Gasteiger partial charge in [-0.25, -0.2) is 0 Å². The van der Waals surface area contributed by atoms with Gasteiger partial charge in [-0.2, -0.15) is 0 Å². The molecule has 6 heteroatoms. The molecule has 0 aliphatic carbocycles. The summed E-state index contributed by atoms with van der Waals surface area (Å²) in [6.45, 7) is 6.19. The van der Waals surface area contributed by atoms with Gasteiger partial charge in [0.1, 0.15) is 11.9 Å². The van der Waals surface area contributed by atoms with Gasteiger partial charge < -0.3 is 14.2 Å². The van der Waals surface area contributed by atoms with Crippen LogP contribution in [0.1, 0.15) is 29.8 Å². The number of benzene rings is 2. The maximum atomic E-state index is 13.0. The lowest BCUT2D eigenvalue weighted by atomic mass is 10.0. The number of nitrogens with zero attached hydrogens (tertiary/aromatic N) is 1. The van der Waals surface area contributed by atoms with E-state index in [9.17, 15) is 4.79 Å². The Balaban J connectivity index is 1.57. The lowest BCUT2D eigenvalue weighted by molar-refractivity contribution is -0.000180. The van der Waals surface area contributed by atoms with Gasteiger partial charge in [-0.15, -0.1) is 0 Å². The number of fused-ring (bicyclic) bond motifs is 1. The summed E-state index contributed by atoms with van der Waals surface area (Å²) in [6, 6.07) is 10.8. The summed E-state index contributed by atoms with van der Waals surface area (Å²) >= 11 is 6.13. The molecule has 0 saturated carbocycles. The number of ketones is 1. The molecule has 0 aromatic heterocycles. The summed E-state index contributed by atoms with van der Waals surface area (Å²) < 4.78 is 16.7. The topological polar surface area (TPSA) is 48.0 Å². The standard InChI is InChI=1S/C20H20ClNO4/c1-12(2)22-9-15(10-22)26-18-8-14(21)4-5-16(18)20(23)13-3-6-17-19(7-13)25-11-24-17/h3-8,12,15H,9-11H2,1-2H3. The molecule has 5 nitrogen and oxygen atoms in total. The highest BCUT2D eigenvalue weighted by Crippen LogP contribution is 2.34. The van der Waals surface area contributed by atoms with Crippen LogP contribution in [0, 0.1) is 0 Å². The van der Waals surface area contributed by atoms with E-state index in [0.717, 1.165) is 13.1 Å². The SMILES string of the molecule is CC(C)N1CC(Oc2cc(Cl)ccc2C(=O)c2ccc3c(c2)OCO3)C1. The molecule has 136 valence electrons. The molecule has 0 amide bonds. The quantitative estimate of drug-likeness (QED) is 0.746. The molecule has 2 heterocycles. The van der Waals surface area contributed by atoms with Gasteiger partial charge in [0.15, 0.2) is 17.3 Å². The van der Waals surface area contributed by atoms with Crippen molar-refractivity contribution in [1.29, 1.82) is 0 Å². The zero-order valence-electron chi connectivity index (χ0n) is 14.7. The van der Waals surface area contributed by atoms with Crippen LogP contribution >= 0.6 is 11.6 Å². The highest BCUT2D eigenvalue weighted by Gasteiger charge is 2.31. The lowest BCUT2D eigenvalue weighted by Gasteiger charge is -2.41. The minimum atomic E-state index is -0.130. The van der Waals surface area contributed by atoms with Crippen LogP contribution in [0.4, 0.5) is 0 Å². The number of ether oxygens (including phenoxy) is 3. The van der Waals surface area contributed by atoms with Gasteiger partial charge >= 0.3 is 0 Å². The number of carbonyl (C=O) groups excluding carboxylic acids is 1. The second kappa shape index (κ2) is 6.82. The van der Waals surface area contributed by atoms with Gasteiger partial charge in [0.25, 0.3) is 0 Å². The van der Waals surface area contributed by atoms with Crippen molar-refractivity contribution in [1.82, 2.24) is 4.90 Å². The van der Waals surface area contributed by atoms with Crippen molar-refractivity contribution in [2.75, 3.05) is 19.9 Å². The van der Waals surface area contributed by atoms with Crippen molar-refractivity contribution in [2.45, 2.75) is 26.0 Å². The summed E-state index contributed by atoms with van der Waals surface area (Å²) in [7, 11) is 0. The molecule has 0 N–H and O–H groups in total. The highest BCUT2D eigenvalue weighted by molar-refractivity contribution is 6.31. The van der Waals surface area contributed by atoms with Gasteiger partial charge in [0.05, 0.1) is 5.56 Å². The van der Waals surface area contributed by atoms with Gasteiger partial charge in [-0.1, -0.05) is 11.6 Å². The van der Waals surface area contributed by atoms with E-state index in [4.69, 9.17) is 25.8 Å². The average Bonchev–Trinajstić information content (AvgIpc) is 3.04. The van der Waals surface area contributed by atoms with Crippen molar-refractivity contribution < 1.29 is 19.0 Å². The predicted octanol–water partition coefficient (Wildman–Crippen LogP) is 3.77. The van der Waals surface area contributed by atoms with E-state index in [1.165, 1.54) is 0 Å². The van der Waals surface area contributed by atoms with Crippen LogP contribution in [0.5, 0.6) is 17.2 Å². The fourth-order valence-electron chi connectivity index (χ4n) is 3.12. The summed E-state index contributed by atoms with van der Waals surface area (Å²) in [5.74, 6) is 1.62. The van der Waals surface area contributed by atoms with Gasteiger partial charge in [0, 0.05) is 29.7 Å². The zero-order valence-corrected chi connectivity index (χ0v) is 15.5. The minimum Gasteiger partial charge on any atom is -0.487 e. The smallest absolute Gasteiger partial charge is 0.231 e. The Kier molecular flexibility index (Phi) is 4.51. The van der Waals surface area contributed by atoms with E-state index in [0.29, 0.717) is 39.4 Å². The maximum Gasteiger partial charge on any atom is 0.231 e. The zero-order chi connectivity index (χ0) is 18.3. The van der Waals surface area contributed by atoms with Crippen LogP contribution in [0.25, 0.3) is 0 Å². The van der Waals surface area contributed by atoms with Crippen molar-refractivity contribution in [3.8, 4) is 17.2 Å². The fraction of sp³-hybridized carbons (Fsp3) is 0.350. The van der Waals surface area contributed by atoms with Crippen LogP contribution in [0.3, 0.4) is 0 Å². The normalized spacial score (nSPS) is 16.6. The third-order valence-electron chi connectivity index (χ3n) is 4.72. The molecule has 4 rings (SSSR count). The van der Waals surface area contributed by atoms with Crippen LogP contribution in [0.15, 0.2) is 36.4 Å². The van der Waals surface area contributed by atoms with E-state index in [2.05, 4.69) is 18.7 Å². The van der Waals surface area contributed by atoms with E-state index in [-0.39, 0.29) is 18.7 Å². The Morgan fingerprint density at radius 3 is 2.69 bits per heavy atom. The monoisotopic (exact) mass is 373 g/mol. The van der Waals surface area contributed by atoms with Crippen LogP contribution in [-0.4, -0.2) is 42.7 Å². The maximum absolute atomic E-state index is 13.0. The molecule has 0 bridgehead atoms. The summed E-state index contributed by atoms with van der Waals surface area (Å²) in [5.41, 5.74) is 1.02. The van der Waals surface area contributed by atoms with Crippen LogP contribution < -0.4 is 14.2 Å². The first-order chi connectivity index (χ1) is 12.5. The number of rotatable bonds is 5. The number of hydrogen-bond acceptors (Lipinski definition) is 5. The number of halogens is 1. The minimum absolute atomic E-state index is 0.0687. The largest absolute Gasteiger partial charge is 0.487 e. The van der Waals surface area contributed by atoms with E-state index >= 15 is 0 Å². The first-order valence-electron chi connectivity index (χ1n) is 8.66. The molecular weight excluding hydrogens is 354 g/mol. The Bertz CT molecular complexity index is 846. The first-order valence-corrected chi connectivity index (χ1v) is 9.03. The first kappa shape index (κ1) is 17.2. The number of hydrogen-bond donors (Lipinski definition) is 0. The molecule has 0 spiro atoms. The molecule has 1 fully saturated rings. The Labute approximate surface area is 157 Å². The summed E-state index contributed by atoms with van der Waals surface area (Å²) in [5, 5.41) is 0.544. The lowest BCUT2D eigenvalue weighted by Crippen LogP contribution is -2.56. The molecule has 0 atom stereocenters. The predicted molar refractivity (Wildman–Crippen MR) is 98.6 cm³/mol. The Morgan fingerprint density at radius 1 is 1.15 bits per heavy atom. The fourth-order valence-corrected chi connectivity index (χ4v) is 3.28. The Hall–Kier alpha value is -2.24. The number of carbonyl (C=O) groups is 1. The molecule has 2 aromatic rings. The average molecular weight is 374 g/mol. The third kappa shape index (κ3) is 3.24. The second-order valence-electron chi connectivity index (χ2n) is 6.83. The molecule has 2 aliphatic rings. The van der Waals surface area contributed by atoms with Gasteiger partial charge in [0.2, 0.25) is 6.79 Å². The van der Waals surface area contributed by atoms with E-state index in [1.807, 2.05) is 0 Å². The summed E-state index contributed by atoms with van der Waals surface area (Å²) in [6.07, 6.45) is 0.0687. The van der Waals surface area contributed by atoms with E-state index in [1.54, 1.807) is 36.4 Å². The van der Waals surface area contributed by atoms with Crippen molar-refractivity contribution in [3.05, 3.63) is 52.5 Å². The molecule has 2 aliphatic heterocycles. The highest BCUT2D eigenvalue weighted by atomic mass is 35.5. The summed E-state index contributed by atoms with van der Waals surface area (Å²) in [4.78, 5) is 15.3. The molecule has 1 saturated heterocycles. The third-order valence-corrected chi connectivity index (χ3v) is 4.96. The number of likely N-dealkylation sites (tertiary alicyclic amines) is 1.